The van der Waals surface area contributed by atoms with E-state index in [0.29, 0.717) is 21.8 Å². The minimum atomic E-state index is -5.26. The van der Waals surface area contributed by atoms with Crippen molar-refractivity contribution in [1.82, 2.24) is 14.9 Å². The third-order valence-electron chi connectivity index (χ3n) is 4.00. The summed E-state index contributed by atoms with van der Waals surface area (Å²) >= 11 is 5.92. The van der Waals surface area contributed by atoms with Gasteiger partial charge in [0.25, 0.3) is 0 Å². The smallest absolute Gasteiger partial charge is 0.354 e. The van der Waals surface area contributed by atoms with Crippen LogP contribution in [-0.2, 0) is 16.6 Å². The van der Waals surface area contributed by atoms with Crippen LogP contribution < -0.4 is 10.6 Å². The van der Waals surface area contributed by atoms with Crippen LogP contribution in [0.3, 0.4) is 0 Å². The van der Waals surface area contributed by atoms with E-state index in [4.69, 9.17) is 11.6 Å². The second-order valence-electron chi connectivity index (χ2n) is 5.82. The summed E-state index contributed by atoms with van der Waals surface area (Å²) in [6.07, 6.45) is 0.514. The highest BCUT2D eigenvalue weighted by atomic mass is 127. The second-order valence-corrected chi connectivity index (χ2v) is 8.19. The van der Waals surface area contributed by atoms with Crippen LogP contribution >= 0.6 is 35.6 Å². The molecule has 27 heavy (non-hydrogen) atoms. The maximum absolute atomic E-state index is 12.6. The summed E-state index contributed by atoms with van der Waals surface area (Å²) in [7, 11) is -3.68. The molecule has 0 saturated carbocycles. The molecule has 1 aliphatic heterocycles. The van der Waals surface area contributed by atoms with Gasteiger partial charge in [-0.3, -0.25) is 4.99 Å². The molecule has 0 radical (unpaired) electrons. The van der Waals surface area contributed by atoms with E-state index in [9.17, 15) is 21.6 Å². The van der Waals surface area contributed by atoms with Crippen LogP contribution in [0.1, 0.15) is 18.4 Å². The average Bonchev–Trinajstić information content (AvgIpc) is 2.58. The number of aliphatic imine (C=N–C) groups is 1. The molecule has 12 heteroatoms. The molecular formula is C15H21ClF3IN4O2S. The quantitative estimate of drug-likeness (QED) is 0.350. The van der Waals surface area contributed by atoms with Crippen LogP contribution in [0.5, 0.6) is 0 Å². The molecule has 0 atom stereocenters. The zero-order valence-electron chi connectivity index (χ0n) is 14.5. The highest BCUT2D eigenvalue weighted by molar-refractivity contribution is 14.0. The first kappa shape index (κ1) is 24.2. The van der Waals surface area contributed by atoms with Gasteiger partial charge in [-0.05, 0) is 30.5 Å². The molecule has 0 bridgehead atoms. The molecule has 1 heterocycles. The monoisotopic (exact) mass is 540 g/mol. The fourth-order valence-corrected chi connectivity index (χ4v) is 3.80. The van der Waals surface area contributed by atoms with E-state index in [1.165, 1.54) is 0 Å². The Hall–Kier alpha value is -0.790. The predicted octanol–water partition coefficient (Wildman–Crippen LogP) is 2.94. The van der Waals surface area contributed by atoms with Crippen molar-refractivity contribution in [2.45, 2.75) is 30.9 Å². The lowest BCUT2D eigenvalue weighted by atomic mass is 10.1. The molecule has 1 saturated heterocycles. The van der Waals surface area contributed by atoms with Crippen molar-refractivity contribution in [3.63, 3.8) is 0 Å². The lowest BCUT2D eigenvalue weighted by molar-refractivity contribution is -0.0494. The van der Waals surface area contributed by atoms with E-state index in [2.05, 4.69) is 15.6 Å². The molecule has 0 unspecified atom stereocenters. The van der Waals surface area contributed by atoms with Crippen molar-refractivity contribution >= 4 is 51.6 Å². The number of benzene rings is 1. The van der Waals surface area contributed by atoms with Crippen LogP contribution in [0.2, 0.25) is 5.02 Å². The number of hydrogen-bond acceptors (Lipinski definition) is 3. The fourth-order valence-electron chi connectivity index (χ4n) is 2.61. The molecule has 1 aromatic rings. The van der Waals surface area contributed by atoms with E-state index in [1.807, 2.05) is 18.2 Å². The van der Waals surface area contributed by atoms with Crippen molar-refractivity contribution < 1.29 is 21.6 Å². The van der Waals surface area contributed by atoms with Gasteiger partial charge in [0.1, 0.15) is 0 Å². The maximum Gasteiger partial charge on any atom is 0.511 e. The number of halogens is 5. The molecular weight excluding hydrogens is 520 g/mol. The zero-order valence-corrected chi connectivity index (χ0v) is 18.4. The third kappa shape index (κ3) is 6.64. The fraction of sp³-hybridized carbons (Fsp3) is 0.533. The Labute approximate surface area is 178 Å². The van der Waals surface area contributed by atoms with Gasteiger partial charge >= 0.3 is 15.5 Å². The Kier molecular flexibility index (Phi) is 9.09. The van der Waals surface area contributed by atoms with Gasteiger partial charge in [0, 0.05) is 37.7 Å². The first-order valence-electron chi connectivity index (χ1n) is 7.91. The Morgan fingerprint density at radius 3 is 2.48 bits per heavy atom. The Balaban J connectivity index is 0.00000364. The molecule has 0 aliphatic carbocycles. The first-order valence-corrected chi connectivity index (χ1v) is 9.73. The molecule has 6 nitrogen and oxygen atoms in total. The Morgan fingerprint density at radius 1 is 1.33 bits per heavy atom. The van der Waals surface area contributed by atoms with Gasteiger partial charge in [0.05, 0.1) is 0 Å². The van der Waals surface area contributed by atoms with Gasteiger partial charge < -0.3 is 10.6 Å². The summed E-state index contributed by atoms with van der Waals surface area (Å²) in [6, 6.07) is 7.13. The number of hydrogen-bond donors (Lipinski definition) is 2. The molecule has 1 aromatic carbocycles. The first-order chi connectivity index (χ1) is 12.1. The van der Waals surface area contributed by atoms with E-state index in [-0.39, 0.29) is 55.9 Å². The molecule has 1 fully saturated rings. The Morgan fingerprint density at radius 2 is 1.96 bits per heavy atom. The second kappa shape index (κ2) is 10.1. The summed E-state index contributed by atoms with van der Waals surface area (Å²) in [5.74, 6) is 0.488. The summed E-state index contributed by atoms with van der Waals surface area (Å²) < 4.78 is 61.1. The van der Waals surface area contributed by atoms with E-state index >= 15 is 0 Å². The number of sulfonamides is 1. The van der Waals surface area contributed by atoms with Crippen molar-refractivity contribution in [1.29, 1.82) is 0 Å². The lowest BCUT2D eigenvalue weighted by Gasteiger charge is -2.32. The van der Waals surface area contributed by atoms with Crippen molar-refractivity contribution in [3.05, 3.63) is 34.9 Å². The lowest BCUT2D eigenvalue weighted by Crippen LogP contribution is -2.51. The molecule has 2 N–H and O–H groups in total. The zero-order chi connectivity index (χ0) is 19.4. The minimum Gasteiger partial charge on any atom is -0.354 e. The van der Waals surface area contributed by atoms with Crippen LogP contribution in [0, 0.1) is 0 Å². The van der Waals surface area contributed by atoms with Crippen molar-refractivity contribution in [2.75, 3.05) is 20.1 Å². The SMILES string of the molecule is CN=C(NCc1cccc(Cl)c1)NC1CCN(S(=O)(=O)C(F)(F)F)CC1.I. The topological polar surface area (TPSA) is 73.8 Å². The minimum absolute atomic E-state index is 0. The molecule has 1 aliphatic rings. The molecule has 0 aromatic heterocycles. The van der Waals surface area contributed by atoms with Gasteiger partial charge in [-0.25, -0.2) is 8.42 Å². The standard InChI is InChI=1S/C15H20ClF3N4O2S.HI/c1-20-14(21-10-11-3-2-4-12(16)9-11)22-13-5-7-23(8-6-13)26(24,25)15(17,18)19;/h2-4,9,13H,5-8,10H2,1H3,(H2,20,21,22);1H. The van der Waals surface area contributed by atoms with Gasteiger partial charge in [-0.2, -0.15) is 17.5 Å². The van der Waals surface area contributed by atoms with Crippen LogP contribution in [0.15, 0.2) is 29.3 Å². The molecule has 0 spiro atoms. The normalized spacial score (nSPS) is 17.3. The van der Waals surface area contributed by atoms with E-state index < -0.39 is 15.5 Å². The van der Waals surface area contributed by atoms with Crippen LogP contribution in [0.4, 0.5) is 13.2 Å². The molecule has 0 amide bonds. The number of nitrogens with one attached hydrogen (secondary N) is 2. The maximum atomic E-state index is 12.6. The number of piperidine rings is 1. The van der Waals surface area contributed by atoms with Crippen LogP contribution in [-0.4, -0.2) is 50.4 Å². The number of nitrogens with zero attached hydrogens (tertiary/aromatic N) is 2. The van der Waals surface area contributed by atoms with Gasteiger partial charge in [0.15, 0.2) is 5.96 Å². The summed E-state index contributed by atoms with van der Waals surface area (Å²) in [5.41, 5.74) is -4.31. The predicted molar refractivity (Wildman–Crippen MR) is 110 cm³/mol. The summed E-state index contributed by atoms with van der Waals surface area (Å²) in [5, 5.41) is 6.81. The number of rotatable bonds is 4. The van der Waals surface area contributed by atoms with Crippen LogP contribution in [0.25, 0.3) is 0 Å². The highest BCUT2D eigenvalue weighted by Gasteiger charge is 2.50. The van der Waals surface area contributed by atoms with E-state index in [0.717, 1.165) is 5.56 Å². The van der Waals surface area contributed by atoms with Crippen molar-refractivity contribution in [3.8, 4) is 0 Å². The summed E-state index contributed by atoms with van der Waals surface area (Å²) in [6.45, 7) is 0.0944. The largest absolute Gasteiger partial charge is 0.511 e. The Bertz CT molecular complexity index is 754. The summed E-state index contributed by atoms with van der Waals surface area (Å²) in [4.78, 5) is 4.08. The third-order valence-corrected chi connectivity index (χ3v) is 5.86. The van der Waals surface area contributed by atoms with Gasteiger partial charge in [-0.15, -0.1) is 24.0 Å². The van der Waals surface area contributed by atoms with E-state index in [1.54, 1.807) is 13.1 Å². The van der Waals surface area contributed by atoms with Gasteiger partial charge in [-0.1, -0.05) is 23.7 Å². The van der Waals surface area contributed by atoms with Crippen molar-refractivity contribution in [2.24, 2.45) is 4.99 Å². The number of guanidine groups is 1. The highest BCUT2D eigenvalue weighted by Crippen LogP contribution is 2.28. The number of alkyl halides is 3. The average molecular weight is 541 g/mol. The van der Waals surface area contributed by atoms with Gasteiger partial charge in [0.2, 0.25) is 0 Å². The molecule has 2 rings (SSSR count). The molecule has 154 valence electrons.